The summed E-state index contributed by atoms with van der Waals surface area (Å²) in [4.78, 5) is 3.76. The van der Waals surface area contributed by atoms with Crippen LogP contribution in [-0.2, 0) is 17.1 Å². The highest BCUT2D eigenvalue weighted by Crippen LogP contribution is 2.09. The summed E-state index contributed by atoms with van der Waals surface area (Å²) in [6.07, 6.45) is 2.91. The van der Waals surface area contributed by atoms with E-state index in [2.05, 4.69) is 11.9 Å². The molecule has 1 heterocycles. The lowest BCUT2D eigenvalue weighted by molar-refractivity contribution is 0.495. The van der Waals surface area contributed by atoms with Crippen molar-refractivity contribution in [3.8, 4) is 0 Å². The first-order valence-corrected chi connectivity index (χ1v) is 5.16. The fraction of sp³-hybridized carbons (Fsp3) is 0.429. The third-order valence-corrected chi connectivity index (χ3v) is 3.41. The number of aryl methyl sites for hydroxylation is 1. The predicted molar refractivity (Wildman–Crippen MR) is 48.4 cm³/mol. The van der Waals surface area contributed by atoms with Gasteiger partial charge in [0.05, 0.1) is 6.33 Å². The molecule has 0 aliphatic rings. The molecule has 0 aliphatic heterocycles. The van der Waals surface area contributed by atoms with E-state index in [9.17, 15) is 8.42 Å². The zero-order valence-corrected chi connectivity index (χ0v) is 8.45. The van der Waals surface area contributed by atoms with Gasteiger partial charge in [-0.1, -0.05) is 0 Å². The van der Waals surface area contributed by atoms with Gasteiger partial charge < -0.3 is 4.57 Å². The highest BCUT2D eigenvalue weighted by Gasteiger charge is 2.21. The quantitative estimate of drug-likeness (QED) is 0.686. The van der Waals surface area contributed by atoms with Gasteiger partial charge in [-0.25, -0.2) is 13.4 Å². The van der Waals surface area contributed by atoms with Crippen LogP contribution in [0.25, 0.3) is 0 Å². The van der Waals surface area contributed by atoms with Gasteiger partial charge in [-0.05, 0) is 6.92 Å². The van der Waals surface area contributed by atoms with Crippen molar-refractivity contribution in [1.29, 1.82) is 0 Å². The Kier molecular flexibility index (Phi) is 2.72. The number of nitrogens with zero attached hydrogens (tertiary/aromatic N) is 3. The molecule has 1 radical (unpaired) electrons. The van der Waals surface area contributed by atoms with Gasteiger partial charge in [0, 0.05) is 26.8 Å². The molecule has 0 saturated heterocycles. The summed E-state index contributed by atoms with van der Waals surface area (Å²) in [5, 5.41) is 0.0566. The normalized spacial score (nSPS) is 12.3. The fourth-order valence-corrected chi connectivity index (χ4v) is 1.84. The summed E-state index contributed by atoms with van der Waals surface area (Å²) < 4.78 is 25.9. The van der Waals surface area contributed by atoms with Gasteiger partial charge in [-0.2, -0.15) is 4.31 Å². The zero-order valence-electron chi connectivity index (χ0n) is 7.64. The molecular formula is C7H12N3O2S. The molecule has 0 unspecified atom stereocenters. The molecule has 0 fully saturated rings. The molecule has 13 heavy (non-hydrogen) atoms. The van der Waals surface area contributed by atoms with Crippen LogP contribution < -0.4 is 0 Å². The lowest BCUT2D eigenvalue weighted by atomic mass is 10.8. The van der Waals surface area contributed by atoms with Gasteiger partial charge in [-0.15, -0.1) is 0 Å². The molecule has 0 bridgehead atoms. The Bertz CT molecular complexity index is 382. The summed E-state index contributed by atoms with van der Waals surface area (Å²) in [5.41, 5.74) is 0. The van der Waals surface area contributed by atoms with E-state index in [1.165, 1.54) is 19.6 Å². The second-order valence-corrected chi connectivity index (χ2v) is 4.70. The minimum Gasteiger partial charge on any atom is -0.339 e. The standard InChI is InChI=1S/C7H12N3O2S/c1-4-10(3)13(11,12)7-5-9(2)6-8-7/h5-6H,1,4H2,2-3H3. The third kappa shape index (κ3) is 1.89. The Morgan fingerprint density at radius 1 is 1.69 bits per heavy atom. The monoisotopic (exact) mass is 202 g/mol. The Balaban J connectivity index is 3.08. The van der Waals surface area contributed by atoms with E-state index in [1.807, 2.05) is 0 Å². The summed E-state index contributed by atoms with van der Waals surface area (Å²) in [5.74, 6) is 0. The van der Waals surface area contributed by atoms with Gasteiger partial charge in [-0.3, -0.25) is 0 Å². The SMILES string of the molecule is [CH2]CN(C)S(=O)(=O)c1cn(C)cn1. The average molecular weight is 202 g/mol. The molecule has 0 aliphatic carbocycles. The van der Waals surface area contributed by atoms with E-state index in [0.29, 0.717) is 0 Å². The van der Waals surface area contributed by atoms with Gasteiger partial charge in [0.2, 0.25) is 0 Å². The van der Waals surface area contributed by atoms with Crippen molar-refractivity contribution in [2.24, 2.45) is 7.05 Å². The topological polar surface area (TPSA) is 55.2 Å². The van der Waals surface area contributed by atoms with Crippen molar-refractivity contribution in [2.45, 2.75) is 5.03 Å². The van der Waals surface area contributed by atoms with Crippen LogP contribution in [-0.4, -0.2) is 35.9 Å². The molecule has 0 amide bonds. The van der Waals surface area contributed by atoms with Crippen LogP contribution in [0, 0.1) is 6.92 Å². The van der Waals surface area contributed by atoms with E-state index < -0.39 is 10.0 Å². The van der Waals surface area contributed by atoms with Crippen molar-refractivity contribution in [2.75, 3.05) is 13.6 Å². The maximum atomic E-state index is 11.6. The number of hydrogen-bond donors (Lipinski definition) is 0. The minimum absolute atomic E-state index is 0.0566. The van der Waals surface area contributed by atoms with E-state index in [4.69, 9.17) is 0 Å². The predicted octanol–water partition coefficient (Wildman–Crippen LogP) is -0.125. The molecule has 5 nitrogen and oxygen atoms in total. The first-order valence-electron chi connectivity index (χ1n) is 3.72. The van der Waals surface area contributed by atoms with Crippen LogP contribution in [0.15, 0.2) is 17.6 Å². The van der Waals surface area contributed by atoms with E-state index in [-0.39, 0.29) is 11.6 Å². The highest BCUT2D eigenvalue weighted by molar-refractivity contribution is 7.89. The number of hydrogen-bond acceptors (Lipinski definition) is 3. The Morgan fingerprint density at radius 3 is 2.69 bits per heavy atom. The molecule has 0 aromatic carbocycles. The number of aromatic nitrogens is 2. The zero-order chi connectivity index (χ0) is 10.1. The molecule has 1 aromatic rings. The van der Waals surface area contributed by atoms with Crippen LogP contribution in [0.4, 0.5) is 0 Å². The first-order chi connectivity index (χ1) is 5.98. The van der Waals surface area contributed by atoms with Crippen molar-refractivity contribution in [3.63, 3.8) is 0 Å². The third-order valence-electron chi connectivity index (χ3n) is 1.67. The number of imidazole rings is 1. The van der Waals surface area contributed by atoms with E-state index in [1.54, 1.807) is 11.6 Å². The number of sulfonamides is 1. The molecule has 0 saturated carbocycles. The summed E-state index contributed by atoms with van der Waals surface area (Å²) in [6.45, 7) is 3.69. The van der Waals surface area contributed by atoms with Crippen molar-refractivity contribution >= 4 is 10.0 Å². The van der Waals surface area contributed by atoms with Gasteiger partial charge in [0.1, 0.15) is 0 Å². The van der Waals surface area contributed by atoms with Crippen LogP contribution in [0.2, 0.25) is 0 Å². The first kappa shape index (κ1) is 10.2. The van der Waals surface area contributed by atoms with Gasteiger partial charge in [0.15, 0.2) is 5.03 Å². The minimum atomic E-state index is -3.43. The van der Waals surface area contributed by atoms with Crippen molar-refractivity contribution < 1.29 is 8.42 Å². The average Bonchev–Trinajstić information content (AvgIpc) is 2.50. The molecule has 0 atom stereocenters. The van der Waals surface area contributed by atoms with Crippen LogP contribution in [0.3, 0.4) is 0 Å². The fourth-order valence-electron chi connectivity index (χ4n) is 0.802. The Labute approximate surface area is 78.1 Å². The van der Waals surface area contributed by atoms with Crippen molar-refractivity contribution in [3.05, 3.63) is 19.4 Å². The smallest absolute Gasteiger partial charge is 0.261 e. The molecule has 1 rings (SSSR count). The lowest BCUT2D eigenvalue weighted by Crippen LogP contribution is -2.26. The second-order valence-electron chi connectivity index (χ2n) is 2.70. The van der Waals surface area contributed by atoms with Gasteiger partial charge >= 0.3 is 0 Å². The molecule has 1 aromatic heterocycles. The Morgan fingerprint density at radius 2 is 2.31 bits per heavy atom. The van der Waals surface area contributed by atoms with E-state index >= 15 is 0 Å². The number of rotatable bonds is 3. The molecule has 6 heteroatoms. The molecule has 73 valence electrons. The maximum absolute atomic E-state index is 11.6. The molecule has 0 spiro atoms. The lowest BCUT2D eigenvalue weighted by Gasteiger charge is -2.11. The maximum Gasteiger partial charge on any atom is 0.261 e. The summed E-state index contributed by atoms with van der Waals surface area (Å²) >= 11 is 0. The summed E-state index contributed by atoms with van der Waals surface area (Å²) in [7, 11) is -0.242. The Hall–Kier alpha value is -0.880. The van der Waals surface area contributed by atoms with Crippen LogP contribution >= 0.6 is 0 Å². The molecule has 0 N–H and O–H groups in total. The highest BCUT2D eigenvalue weighted by atomic mass is 32.2. The van der Waals surface area contributed by atoms with Crippen molar-refractivity contribution in [1.82, 2.24) is 13.9 Å². The van der Waals surface area contributed by atoms with Gasteiger partial charge in [0.25, 0.3) is 10.0 Å². The second kappa shape index (κ2) is 3.47. The van der Waals surface area contributed by atoms with Crippen LogP contribution in [0.5, 0.6) is 0 Å². The molecular weight excluding hydrogens is 190 g/mol. The van der Waals surface area contributed by atoms with E-state index in [0.717, 1.165) is 4.31 Å². The largest absolute Gasteiger partial charge is 0.339 e. The van der Waals surface area contributed by atoms with Crippen LogP contribution in [0.1, 0.15) is 0 Å². The summed E-state index contributed by atoms with van der Waals surface area (Å²) in [6, 6.07) is 0.